The smallest absolute Gasteiger partial charge is 0.335 e. The Bertz CT molecular complexity index is 597. The number of benzene rings is 1. The number of aromatic carboxylic acids is 1. The fourth-order valence-electron chi connectivity index (χ4n) is 2.64. The van der Waals surface area contributed by atoms with Crippen LogP contribution in [-0.4, -0.2) is 23.1 Å². The third kappa shape index (κ3) is 2.83. The first kappa shape index (κ1) is 15.6. The number of urea groups is 1. The van der Waals surface area contributed by atoms with E-state index in [0.29, 0.717) is 5.69 Å². The van der Waals surface area contributed by atoms with Crippen LogP contribution in [0.5, 0.6) is 0 Å². The third-order valence-corrected chi connectivity index (χ3v) is 4.92. The van der Waals surface area contributed by atoms with Crippen LogP contribution in [-0.2, 0) is 0 Å². The molecular formula is C15H19ClN2O3. The van der Waals surface area contributed by atoms with Gasteiger partial charge in [0.2, 0.25) is 0 Å². The lowest BCUT2D eigenvalue weighted by atomic mass is 10.0. The summed E-state index contributed by atoms with van der Waals surface area (Å²) < 4.78 is 0. The van der Waals surface area contributed by atoms with E-state index in [-0.39, 0.29) is 33.5 Å². The summed E-state index contributed by atoms with van der Waals surface area (Å²) in [4.78, 5) is 23.0. The number of halogens is 1. The van der Waals surface area contributed by atoms with Crippen LogP contribution in [0, 0.1) is 10.8 Å². The average Bonchev–Trinajstić information content (AvgIpc) is 2.70. The number of hydrogen-bond acceptors (Lipinski definition) is 2. The molecule has 0 bridgehead atoms. The number of carbonyl (C=O) groups excluding carboxylic acids is 1. The fraction of sp³-hybridized carbons (Fsp3) is 0.467. The number of carbonyl (C=O) groups is 2. The summed E-state index contributed by atoms with van der Waals surface area (Å²) in [5, 5.41) is 14.8. The van der Waals surface area contributed by atoms with Gasteiger partial charge >= 0.3 is 12.0 Å². The standard InChI is InChI=1S/C15H19ClN2O3/c1-14(2)12(15(14,3)4)18-13(21)17-10-6-8(11(19)20)5-9(16)7-10/h5-7,12H,1-4H3,(H,19,20)(H2,17,18,21). The van der Waals surface area contributed by atoms with Crippen molar-refractivity contribution < 1.29 is 14.7 Å². The molecule has 21 heavy (non-hydrogen) atoms. The molecule has 1 aliphatic carbocycles. The van der Waals surface area contributed by atoms with E-state index >= 15 is 0 Å². The minimum Gasteiger partial charge on any atom is -0.478 e. The van der Waals surface area contributed by atoms with Gasteiger partial charge in [-0.15, -0.1) is 0 Å². The van der Waals surface area contributed by atoms with Crippen molar-refractivity contribution in [1.82, 2.24) is 5.32 Å². The van der Waals surface area contributed by atoms with E-state index < -0.39 is 5.97 Å². The van der Waals surface area contributed by atoms with Gasteiger partial charge in [-0.1, -0.05) is 39.3 Å². The van der Waals surface area contributed by atoms with E-state index in [1.54, 1.807) is 0 Å². The summed E-state index contributed by atoms with van der Waals surface area (Å²) in [6, 6.07) is 3.92. The maximum atomic E-state index is 12.0. The molecule has 114 valence electrons. The fourth-order valence-corrected chi connectivity index (χ4v) is 2.88. The molecule has 6 heteroatoms. The first-order chi connectivity index (χ1) is 9.55. The van der Waals surface area contributed by atoms with Crippen molar-refractivity contribution in [2.45, 2.75) is 33.7 Å². The van der Waals surface area contributed by atoms with Crippen molar-refractivity contribution in [2.75, 3.05) is 5.32 Å². The van der Waals surface area contributed by atoms with Crippen molar-refractivity contribution >= 4 is 29.3 Å². The first-order valence-electron chi connectivity index (χ1n) is 6.67. The van der Waals surface area contributed by atoms with E-state index in [9.17, 15) is 9.59 Å². The maximum absolute atomic E-state index is 12.0. The van der Waals surface area contributed by atoms with Crippen LogP contribution in [0.3, 0.4) is 0 Å². The Morgan fingerprint density at radius 1 is 1.14 bits per heavy atom. The normalized spacial score (nSPS) is 18.9. The summed E-state index contributed by atoms with van der Waals surface area (Å²) in [6.07, 6.45) is 0. The molecule has 0 heterocycles. The predicted octanol–water partition coefficient (Wildman–Crippen LogP) is 3.59. The van der Waals surface area contributed by atoms with Crippen molar-refractivity contribution in [2.24, 2.45) is 10.8 Å². The van der Waals surface area contributed by atoms with Crippen molar-refractivity contribution in [3.63, 3.8) is 0 Å². The number of carboxylic acids is 1. The zero-order valence-corrected chi connectivity index (χ0v) is 13.2. The molecule has 0 atom stereocenters. The summed E-state index contributed by atoms with van der Waals surface area (Å²) in [5.74, 6) is -1.09. The second-order valence-electron chi connectivity index (χ2n) is 6.51. The molecule has 1 saturated carbocycles. The second kappa shape index (κ2) is 4.91. The van der Waals surface area contributed by atoms with Crippen LogP contribution < -0.4 is 10.6 Å². The number of rotatable bonds is 3. The minimum atomic E-state index is -1.09. The van der Waals surface area contributed by atoms with Gasteiger partial charge < -0.3 is 15.7 Å². The highest BCUT2D eigenvalue weighted by Crippen LogP contribution is 2.62. The molecule has 0 aliphatic heterocycles. The van der Waals surface area contributed by atoms with Crippen LogP contribution in [0.15, 0.2) is 18.2 Å². The second-order valence-corrected chi connectivity index (χ2v) is 6.95. The summed E-state index contributed by atoms with van der Waals surface area (Å²) in [7, 11) is 0. The molecular weight excluding hydrogens is 292 g/mol. The molecule has 1 aromatic carbocycles. The van der Waals surface area contributed by atoms with Crippen LogP contribution in [0.1, 0.15) is 38.1 Å². The van der Waals surface area contributed by atoms with E-state index in [1.165, 1.54) is 18.2 Å². The van der Waals surface area contributed by atoms with Gasteiger partial charge in [-0.05, 0) is 29.0 Å². The largest absolute Gasteiger partial charge is 0.478 e. The summed E-state index contributed by atoms with van der Waals surface area (Å²) >= 11 is 5.85. The Morgan fingerprint density at radius 3 is 2.19 bits per heavy atom. The molecule has 0 spiro atoms. The highest BCUT2D eigenvalue weighted by molar-refractivity contribution is 6.31. The van der Waals surface area contributed by atoms with Crippen molar-refractivity contribution in [3.05, 3.63) is 28.8 Å². The van der Waals surface area contributed by atoms with Crippen molar-refractivity contribution in [3.8, 4) is 0 Å². The van der Waals surface area contributed by atoms with E-state index in [4.69, 9.17) is 16.7 Å². The summed E-state index contributed by atoms with van der Waals surface area (Å²) in [6.45, 7) is 8.39. The molecule has 2 rings (SSSR count). The van der Waals surface area contributed by atoms with Gasteiger partial charge in [0.15, 0.2) is 0 Å². The van der Waals surface area contributed by atoms with Gasteiger partial charge in [0.1, 0.15) is 0 Å². The molecule has 2 amide bonds. The Labute approximate surface area is 128 Å². The quantitative estimate of drug-likeness (QED) is 0.798. The molecule has 3 N–H and O–H groups in total. The Balaban J connectivity index is 2.06. The molecule has 1 aromatic rings. The number of nitrogens with one attached hydrogen (secondary N) is 2. The predicted molar refractivity (Wildman–Crippen MR) is 81.9 cm³/mol. The Kier molecular flexibility index (Phi) is 3.66. The van der Waals surface area contributed by atoms with Gasteiger partial charge in [-0.2, -0.15) is 0 Å². The lowest BCUT2D eigenvalue weighted by Crippen LogP contribution is -2.33. The van der Waals surface area contributed by atoms with E-state index in [1.807, 2.05) is 0 Å². The molecule has 0 aromatic heterocycles. The van der Waals surface area contributed by atoms with Crippen LogP contribution in [0.4, 0.5) is 10.5 Å². The van der Waals surface area contributed by atoms with Gasteiger partial charge in [-0.3, -0.25) is 0 Å². The minimum absolute atomic E-state index is 0.0323. The van der Waals surface area contributed by atoms with Crippen LogP contribution in [0.2, 0.25) is 5.02 Å². The van der Waals surface area contributed by atoms with Gasteiger partial charge in [0.05, 0.1) is 5.56 Å². The molecule has 1 aliphatic rings. The monoisotopic (exact) mass is 310 g/mol. The molecule has 0 saturated heterocycles. The molecule has 1 fully saturated rings. The van der Waals surface area contributed by atoms with E-state index in [0.717, 1.165) is 0 Å². The third-order valence-electron chi connectivity index (χ3n) is 4.70. The zero-order chi connectivity index (χ0) is 16.0. The van der Waals surface area contributed by atoms with Crippen molar-refractivity contribution in [1.29, 1.82) is 0 Å². The molecule has 5 nitrogen and oxygen atoms in total. The maximum Gasteiger partial charge on any atom is 0.335 e. The highest BCUT2D eigenvalue weighted by atomic mass is 35.5. The number of hydrogen-bond donors (Lipinski definition) is 3. The molecule has 0 radical (unpaired) electrons. The SMILES string of the molecule is CC1(C)C(NC(=O)Nc2cc(Cl)cc(C(=O)O)c2)C1(C)C. The van der Waals surface area contributed by atoms with Crippen LogP contribution >= 0.6 is 11.6 Å². The average molecular weight is 311 g/mol. The van der Waals surface area contributed by atoms with Gasteiger partial charge in [-0.25, -0.2) is 9.59 Å². The van der Waals surface area contributed by atoms with Gasteiger partial charge in [0.25, 0.3) is 0 Å². The van der Waals surface area contributed by atoms with Crippen LogP contribution in [0.25, 0.3) is 0 Å². The number of carboxylic acid groups (broad SMARTS) is 1. The van der Waals surface area contributed by atoms with E-state index in [2.05, 4.69) is 38.3 Å². The Morgan fingerprint density at radius 2 is 1.71 bits per heavy atom. The number of anilines is 1. The lowest BCUT2D eigenvalue weighted by molar-refractivity contribution is 0.0697. The zero-order valence-electron chi connectivity index (χ0n) is 12.5. The molecule has 0 unspecified atom stereocenters. The topological polar surface area (TPSA) is 78.4 Å². The van der Waals surface area contributed by atoms with Gasteiger partial charge in [0, 0.05) is 16.8 Å². The Hall–Kier alpha value is -1.75. The highest BCUT2D eigenvalue weighted by Gasteiger charge is 2.65. The summed E-state index contributed by atoms with van der Waals surface area (Å²) in [5.41, 5.74) is 0.453. The lowest BCUT2D eigenvalue weighted by Gasteiger charge is -2.10. The first-order valence-corrected chi connectivity index (χ1v) is 7.05. The number of amides is 2.